The second kappa shape index (κ2) is 9.11. The monoisotopic (exact) mass is 435 g/mol. The Bertz CT molecular complexity index is 761. The molecule has 7 nitrogen and oxygen atoms in total. The van der Waals surface area contributed by atoms with Crippen molar-refractivity contribution in [3.63, 3.8) is 0 Å². The molecule has 1 saturated heterocycles. The highest BCUT2D eigenvalue weighted by Crippen LogP contribution is 2.36. The number of ether oxygens (including phenoxy) is 1. The van der Waals surface area contributed by atoms with Crippen molar-refractivity contribution in [1.82, 2.24) is 5.32 Å². The maximum atomic E-state index is 12.0. The van der Waals surface area contributed by atoms with E-state index in [9.17, 15) is 14.7 Å². The van der Waals surface area contributed by atoms with E-state index in [2.05, 4.69) is 25.0 Å². The van der Waals surface area contributed by atoms with Gasteiger partial charge in [0.05, 0.1) is 23.7 Å². The molecule has 0 aliphatic carbocycles. The number of rotatable bonds is 8. The average Bonchev–Trinajstić information content (AvgIpc) is 2.81. The highest BCUT2D eigenvalue weighted by atomic mass is 28.3. The van der Waals surface area contributed by atoms with Gasteiger partial charge in [-0.05, 0) is 44.8 Å². The van der Waals surface area contributed by atoms with Crippen LogP contribution in [0.2, 0.25) is 25.7 Å². The highest BCUT2D eigenvalue weighted by Gasteiger charge is 2.51. The molecule has 1 amide bonds. The van der Waals surface area contributed by atoms with Gasteiger partial charge in [-0.2, -0.15) is 0 Å². The van der Waals surface area contributed by atoms with Gasteiger partial charge in [0, 0.05) is 14.6 Å². The molecule has 1 aromatic carbocycles. The fourth-order valence-corrected chi connectivity index (χ4v) is 3.65. The summed E-state index contributed by atoms with van der Waals surface area (Å²) in [4.78, 5) is 23.8. The predicted octanol–water partition coefficient (Wildman–Crippen LogP) is 3.22. The Morgan fingerprint density at radius 1 is 1.17 bits per heavy atom. The highest BCUT2D eigenvalue weighted by molar-refractivity contribution is 6.76. The lowest BCUT2D eigenvalue weighted by molar-refractivity contribution is -0.138. The maximum Gasteiger partial charge on any atom is 0.494 e. The summed E-state index contributed by atoms with van der Waals surface area (Å²) in [5.41, 5.74) is 0.342. The van der Waals surface area contributed by atoms with Gasteiger partial charge >= 0.3 is 19.2 Å². The van der Waals surface area contributed by atoms with Gasteiger partial charge in [0.15, 0.2) is 0 Å². The summed E-state index contributed by atoms with van der Waals surface area (Å²) < 4.78 is 17.3. The maximum absolute atomic E-state index is 12.0. The van der Waals surface area contributed by atoms with Crippen molar-refractivity contribution in [2.24, 2.45) is 0 Å². The Balaban J connectivity index is 2.04. The van der Waals surface area contributed by atoms with Gasteiger partial charge in [-0.15, -0.1) is 0 Å². The van der Waals surface area contributed by atoms with Crippen LogP contribution < -0.4 is 10.8 Å². The molecular formula is C21H34BNO6Si. The Kier molecular flexibility index (Phi) is 7.42. The van der Waals surface area contributed by atoms with Crippen molar-refractivity contribution in [2.75, 3.05) is 13.2 Å². The number of carboxylic acid groups (broad SMARTS) is 1. The molecule has 1 aliphatic heterocycles. The van der Waals surface area contributed by atoms with E-state index in [4.69, 9.17) is 14.0 Å². The number of nitrogens with one attached hydrogen (secondary N) is 1. The molecule has 1 fully saturated rings. The molecule has 0 saturated carbocycles. The van der Waals surface area contributed by atoms with Crippen LogP contribution in [-0.4, -0.2) is 56.7 Å². The number of hydrogen-bond donors (Lipinski definition) is 2. The topological polar surface area (TPSA) is 94.1 Å². The van der Waals surface area contributed by atoms with Crippen LogP contribution >= 0.6 is 0 Å². The third-order valence-electron chi connectivity index (χ3n) is 5.67. The van der Waals surface area contributed by atoms with Crippen LogP contribution in [0.15, 0.2) is 24.3 Å². The van der Waals surface area contributed by atoms with E-state index >= 15 is 0 Å². The standard InChI is InChI=1S/C21H34BNO6Si/c1-20(2)21(3,4)29-22(28-20)16-10-8-9-15(13-16)17(18(24)25)14-23-19(26)27-11-12-30(5,6)7/h8-10,13,17H,11-12,14H2,1-7H3,(H,23,26)(H,24,25). The summed E-state index contributed by atoms with van der Waals surface area (Å²) in [5.74, 6) is -1.93. The Morgan fingerprint density at radius 3 is 2.30 bits per heavy atom. The quantitative estimate of drug-likeness (QED) is 0.609. The van der Waals surface area contributed by atoms with Crippen molar-refractivity contribution < 1.29 is 28.7 Å². The minimum absolute atomic E-state index is 0.0616. The Morgan fingerprint density at radius 2 is 1.77 bits per heavy atom. The molecular weight excluding hydrogens is 401 g/mol. The van der Waals surface area contributed by atoms with Gasteiger partial charge in [-0.3, -0.25) is 4.79 Å². The Labute approximate surface area is 180 Å². The van der Waals surface area contributed by atoms with Crippen LogP contribution in [0.4, 0.5) is 4.79 Å². The molecule has 0 spiro atoms. The van der Waals surface area contributed by atoms with Gasteiger partial charge in [-0.1, -0.05) is 43.9 Å². The fourth-order valence-electron chi connectivity index (χ4n) is 2.94. The van der Waals surface area contributed by atoms with Crippen molar-refractivity contribution in [3.8, 4) is 0 Å². The third kappa shape index (κ3) is 6.33. The smallest absolute Gasteiger partial charge is 0.481 e. The molecule has 2 rings (SSSR count). The molecule has 166 valence electrons. The summed E-state index contributed by atoms with van der Waals surface area (Å²) in [6, 6.07) is 7.98. The first-order valence-electron chi connectivity index (χ1n) is 10.3. The summed E-state index contributed by atoms with van der Waals surface area (Å²) in [7, 11) is -1.88. The first-order chi connectivity index (χ1) is 13.7. The van der Waals surface area contributed by atoms with Crippen molar-refractivity contribution in [2.45, 2.75) is 70.5 Å². The second-order valence-corrected chi connectivity index (χ2v) is 15.6. The van der Waals surface area contributed by atoms with E-state index in [0.29, 0.717) is 12.2 Å². The van der Waals surface area contributed by atoms with Crippen LogP contribution in [0.5, 0.6) is 0 Å². The van der Waals surface area contributed by atoms with Gasteiger partial charge in [0.1, 0.15) is 0 Å². The summed E-state index contributed by atoms with van der Waals surface area (Å²) in [6.45, 7) is 14.7. The lowest BCUT2D eigenvalue weighted by Gasteiger charge is -2.32. The van der Waals surface area contributed by atoms with E-state index in [0.717, 1.165) is 11.5 Å². The summed E-state index contributed by atoms with van der Waals surface area (Å²) >= 11 is 0. The van der Waals surface area contributed by atoms with E-state index < -0.39 is 44.4 Å². The Hall–Kier alpha value is -1.84. The number of carbonyl (C=O) groups excluding carboxylic acids is 1. The zero-order valence-corrected chi connectivity index (χ0v) is 20.1. The van der Waals surface area contributed by atoms with Gasteiger partial charge in [-0.25, -0.2) is 4.79 Å². The summed E-state index contributed by atoms with van der Waals surface area (Å²) in [6.07, 6.45) is -0.596. The molecule has 1 heterocycles. The van der Waals surface area contributed by atoms with E-state index in [-0.39, 0.29) is 6.54 Å². The number of carboxylic acids is 1. The van der Waals surface area contributed by atoms with Crippen molar-refractivity contribution in [1.29, 1.82) is 0 Å². The average molecular weight is 435 g/mol. The van der Waals surface area contributed by atoms with Crippen LogP contribution in [0.3, 0.4) is 0 Å². The van der Waals surface area contributed by atoms with Crippen LogP contribution in [-0.2, 0) is 18.8 Å². The number of amides is 1. The number of hydrogen-bond acceptors (Lipinski definition) is 5. The number of alkyl carbamates (subject to hydrolysis) is 1. The molecule has 0 aromatic heterocycles. The minimum atomic E-state index is -1.30. The van der Waals surface area contributed by atoms with Gasteiger partial charge in [0.2, 0.25) is 0 Å². The lowest BCUT2D eigenvalue weighted by atomic mass is 9.77. The summed E-state index contributed by atoms with van der Waals surface area (Å²) in [5, 5.41) is 12.3. The minimum Gasteiger partial charge on any atom is -0.481 e. The predicted molar refractivity (Wildman–Crippen MR) is 120 cm³/mol. The first-order valence-corrected chi connectivity index (χ1v) is 14.0. The van der Waals surface area contributed by atoms with Crippen molar-refractivity contribution in [3.05, 3.63) is 29.8 Å². The second-order valence-electron chi connectivity index (χ2n) is 9.98. The van der Waals surface area contributed by atoms with Crippen molar-refractivity contribution >= 4 is 32.7 Å². The van der Waals surface area contributed by atoms with Crippen LogP contribution in [0.25, 0.3) is 0 Å². The molecule has 0 bridgehead atoms. The van der Waals surface area contributed by atoms with Gasteiger partial charge < -0.3 is 24.5 Å². The molecule has 2 N–H and O–H groups in total. The zero-order valence-electron chi connectivity index (χ0n) is 19.1. The molecule has 9 heteroatoms. The molecule has 30 heavy (non-hydrogen) atoms. The van der Waals surface area contributed by atoms with E-state index in [1.807, 2.05) is 33.8 Å². The third-order valence-corrected chi connectivity index (χ3v) is 7.38. The van der Waals surface area contributed by atoms with Gasteiger partial charge in [0.25, 0.3) is 0 Å². The van der Waals surface area contributed by atoms with Crippen LogP contribution in [0, 0.1) is 0 Å². The number of carbonyl (C=O) groups is 2. The SMILES string of the molecule is CC1(C)OB(c2cccc(C(CNC(=O)OCC[Si](C)(C)C)C(=O)O)c2)OC1(C)C. The number of benzene rings is 1. The van der Waals surface area contributed by atoms with E-state index in [1.165, 1.54) is 0 Å². The molecule has 0 radical (unpaired) electrons. The first kappa shape index (κ1) is 24.4. The molecule has 1 aliphatic rings. The normalized spacial score (nSPS) is 18.7. The largest absolute Gasteiger partial charge is 0.494 e. The zero-order chi connectivity index (χ0) is 22.7. The van der Waals surface area contributed by atoms with E-state index in [1.54, 1.807) is 18.2 Å². The molecule has 1 unspecified atom stereocenters. The van der Waals surface area contributed by atoms with Crippen LogP contribution in [0.1, 0.15) is 39.2 Å². The molecule has 1 atom stereocenters. The number of aliphatic carboxylic acids is 1. The molecule has 1 aromatic rings. The lowest BCUT2D eigenvalue weighted by Crippen LogP contribution is -2.41. The fraction of sp³-hybridized carbons (Fsp3) is 0.619.